The molecule has 0 spiro atoms. The molecule has 0 aromatic carbocycles. The lowest BCUT2D eigenvalue weighted by Crippen LogP contribution is -2.30. The zero-order valence-electron chi connectivity index (χ0n) is 38.3. The lowest BCUT2D eigenvalue weighted by Gasteiger charge is -2.18. The van der Waals surface area contributed by atoms with Gasteiger partial charge in [0, 0.05) is 19.3 Å². The van der Waals surface area contributed by atoms with Gasteiger partial charge in [0.1, 0.15) is 13.2 Å². The Morgan fingerprint density at radius 1 is 0.345 bits per heavy atom. The average molecular weight is 813 g/mol. The van der Waals surface area contributed by atoms with E-state index in [-0.39, 0.29) is 31.1 Å². The van der Waals surface area contributed by atoms with Crippen molar-refractivity contribution in [3.63, 3.8) is 0 Å². The van der Waals surface area contributed by atoms with E-state index >= 15 is 0 Å². The van der Waals surface area contributed by atoms with E-state index in [0.717, 1.165) is 103 Å². The maximum atomic E-state index is 12.7. The molecule has 1 atom stereocenters. The summed E-state index contributed by atoms with van der Waals surface area (Å²) in [6.07, 6.45) is 55.1. The molecular formula is C52H92O6. The standard InChI is InChI=1S/C52H92O6/c1-4-7-10-13-16-19-22-24-26-27-29-30-33-36-39-42-45-51(54)57-48-49(47-56-50(53)44-41-38-35-32-21-18-15-12-9-6-3)58-52(55)46-43-40-37-34-31-28-25-23-20-17-14-11-8-5-2/h14,17,19,22-23,25-27,49H,4-13,15-16,18,20-21,24,28-48H2,1-3H3/b17-14-,22-19-,25-23-,27-26-. The lowest BCUT2D eigenvalue weighted by molar-refractivity contribution is -0.167. The van der Waals surface area contributed by atoms with Gasteiger partial charge in [-0.1, -0.05) is 198 Å². The summed E-state index contributed by atoms with van der Waals surface area (Å²) in [5.74, 6) is -0.908. The fraction of sp³-hybridized carbons (Fsp3) is 0.788. The Kier molecular flexibility index (Phi) is 44.9. The van der Waals surface area contributed by atoms with Gasteiger partial charge < -0.3 is 14.2 Å². The highest BCUT2D eigenvalue weighted by molar-refractivity contribution is 5.71. The van der Waals surface area contributed by atoms with E-state index in [1.807, 2.05) is 0 Å². The number of carbonyl (C=O) groups excluding carboxylic acids is 3. The van der Waals surface area contributed by atoms with Crippen LogP contribution in [-0.2, 0) is 28.6 Å². The van der Waals surface area contributed by atoms with E-state index in [1.165, 1.54) is 103 Å². The minimum Gasteiger partial charge on any atom is -0.462 e. The molecule has 0 aromatic rings. The Morgan fingerprint density at radius 2 is 0.638 bits per heavy atom. The van der Waals surface area contributed by atoms with Crippen LogP contribution in [0, 0.1) is 0 Å². The van der Waals surface area contributed by atoms with E-state index in [0.29, 0.717) is 19.3 Å². The van der Waals surface area contributed by atoms with Gasteiger partial charge in [-0.05, 0) is 77.0 Å². The highest BCUT2D eigenvalue weighted by atomic mass is 16.6. The summed E-state index contributed by atoms with van der Waals surface area (Å²) in [7, 11) is 0. The molecular weight excluding hydrogens is 721 g/mol. The summed E-state index contributed by atoms with van der Waals surface area (Å²) < 4.78 is 16.7. The SMILES string of the molecule is CCCC/C=C\C/C=C\CCCCCCCC(=O)OC(COC(=O)CCCCCCC/C=C\C/C=C\CCCCCC)COC(=O)CCCCCCCCCCCC. The number of rotatable bonds is 44. The maximum absolute atomic E-state index is 12.7. The van der Waals surface area contributed by atoms with Crippen molar-refractivity contribution in [2.24, 2.45) is 0 Å². The fourth-order valence-corrected chi connectivity index (χ4v) is 6.78. The van der Waals surface area contributed by atoms with Crippen LogP contribution in [0.4, 0.5) is 0 Å². The quantitative estimate of drug-likeness (QED) is 0.0264. The highest BCUT2D eigenvalue weighted by Crippen LogP contribution is 2.14. The van der Waals surface area contributed by atoms with Gasteiger partial charge in [0.05, 0.1) is 0 Å². The number of ether oxygens (including phenoxy) is 3. The Hall–Kier alpha value is -2.63. The monoisotopic (exact) mass is 813 g/mol. The number of hydrogen-bond donors (Lipinski definition) is 0. The van der Waals surface area contributed by atoms with Gasteiger partial charge in [0.2, 0.25) is 0 Å². The molecule has 336 valence electrons. The molecule has 0 amide bonds. The van der Waals surface area contributed by atoms with Crippen molar-refractivity contribution < 1.29 is 28.6 Å². The Morgan fingerprint density at radius 3 is 1.02 bits per heavy atom. The second-order valence-corrected chi connectivity index (χ2v) is 16.4. The normalized spacial score (nSPS) is 12.4. The summed E-state index contributed by atoms with van der Waals surface area (Å²) in [4.78, 5) is 37.8. The number of unbranched alkanes of at least 4 members (excludes halogenated alkanes) is 25. The van der Waals surface area contributed by atoms with Crippen LogP contribution in [0.1, 0.15) is 245 Å². The maximum Gasteiger partial charge on any atom is 0.306 e. The second kappa shape index (κ2) is 47.1. The Balaban J connectivity index is 4.39. The zero-order valence-corrected chi connectivity index (χ0v) is 38.3. The predicted octanol–water partition coefficient (Wildman–Crippen LogP) is 15.9. The van der Waals surface area contributed by atoms with E-state index < -0.39 is 6.10 Å². The summed E-state index contributed by atoms with van der Waals surface area (Å²) in [6.45, 7) is 6.54. The third kappa shape index (κ3) is 44.5. The minimum atomic E-state index is -0.782. The van der Waals surface area contributed by atoms with E-state index in [4.69, 9.17) is 14.2 Å². The van der Waals surface area contributed by atoms with Crippen molar-refractivity contribution in [2.45, 2.75) is 252 Å². The van der Waals surface area contributed by atoms with Gasteiger partial charge in [0.15, 0.2) is 6.10 Å². The van der Waals surface area contributed by atoms with Gasteiger partial charge in [-0.3, -0.25) is 14.4 Å². The van der Waals surface area contributed by atoms with E-state index in [9.17, 15) is 14.4 Å². The molecule has 58 heavy (non-hydrogen) atoms. The lowest BCUT2D eigenvalue weighted by atomic mass is 10.1. The molecule has 0 aromatic heterocycles. The summed E-state index contributed by atoms with van der Waals surface area (Å²) in [5, 5.41) is 0. The smallest absolute Gasteiger partial charge is 0.306 e. The molecule has 0 radical (unpaired) electrons. The third-order valence-electron chi connectivity index (χ3n) is 10.6. The van der Waals surface area contributed by atoms with E-state index in [1.54, 1.807) is 0 Å². The number of allylic oxidation sites excluding steroid dienone is 8. The molecule has 0 aliphatic heterocycles. The molecule has 0 fully saturated rings. The minimum absolute atomic E-state index is 0.0819. The van der Waals surface area contributed by atoms with Crippen molar-refractivity contribution >= 4 is 17.9 Å². The average Bonchev–Trinajstić information content (AvgIpc) is 3.22. The molecule has 0 saturated carbocycles. The fourth-order valence-electron chi connectivity index (χ4n) is 6.78. The van der Waals surface area contributed by atoms with Crippen LogP contribution in [-0.4, -0.2) is 37.2 Å². The summed E-state index contributed by atoms with van der Waals surface area (Å²) in [5.41, 5.74) is 0. The molecule has 0 rings (SSSR count). The molecule has 0 aliphatic carbocycles. The number of carbonyl (C=O) groups is 3. The molecule has 6 heteroatoms. The topological polar surface area (TPSA) is 78.9 Å². The molecule has 0 N–H and O–H groups in total. The largest absolute Gasteiger partial charge is 0.462 e. The first-order chi connectivity index (χ1) is 28.5. The van der Waals surface area contributed by atoms with Crippen molar-refractivity contribution in [3.8, 4) is 0 Å². The van der Waals surface area contributed by atoms with Gasteiger partial charge >= 0.3 is 17.9 Å². The van der Waals surface area contributed by atoms with Gasteiger partial charge in [-0.2, -0.15) is 0 Å². The zero-order chi connectivity index (χ0) is 42.3. The second-order valence-electron chi connectivity index (χ2n) is 16.4. The Labute approximate surface area is 358 Å². The van der Waals surface area contributed by atoms with Crippen molar-refractivity contribution in [2.75, 3.05) is 13.2 Å². The summed E-state index contributed by atoms with van der Waals surface area (Å²) >= 11 is 0. The van der Waals surface area contributed by atoms with Crippen LogP contribution in [0.3, 0.4) is 0 Å². The molecule has 0 aliphatic rings. The van der Waals surface area contributed by atoms with Gasteiger partial charge in [-0.25, -0.2) is 0 Å². The van der Waals surface area contributed by atoms with Crippen molar-refractivity contribution in [1.82, 2.24) is 0 Å². The van der Waals surface area contributed by atoms with Crippen LogP contribution in [0.5, 0.6) is 0 Å². The molecule has 6 nitrogen and oxygen atoms in total. The first-order valence-electron chi connectivity index (χ1n) is 24.6. The van der Waals surface area contributed by atoms with Crippen molar-refractivity contribution in [3.05, 3.63) is 48.6 Å². The van der Waals surface area contributed by atoms with Gasteiger partial charge in [0.25, 0.3) is 0 Å². The summed E-state index contributed by atoms with van der Waals surface area (Å²) in [6, 6.07) is 0. The molecule has 0 bridgehead atoms. The van der Waals surface area contributed by atoms with E-state index in [2.05, 4.69) is 69.4 Å². The van der Waals surface area contributed by atoms with Crippen LogP contribution in [0.15, 0.2) is 48.6 Å². The van der Waals surface area contributed by atoms with Crippen LogP contribution in [0.25, 0.3) is 0 Å². The Bertz CT molecular complexity index is 1030. The predicted molar refractivity (Wildman–Crippen MR) is 247 cm³/mol. The number of hydrogen-bond acceptors (Lipinski definition) is 6. The van der Waals surface area contributed by atoms with Crippen LogP contribution in [0.2, 0.25) is 0 Å². The van der Waals surface area contributed by atoms with Gasteiger partial charge in [-0.15, -0.1) is 0 Å². The van der Waals surface area contributed by atoms with Crippen molar-refractivity contribution in [1.29, 1.82) is 0 Å². The first kappa shape index (κ1) is 55.4. The third-order valence-corrected chi connectivity index (χ3v) is 10.6. The highest BCUT2D eigenvalue weighted by Gasteiger charge is 2.19. The molecule has 0 heterocycles. The first-order valence-corrected chi connectivity index (χ1v) is 24.6. The molecule has 1 unspecified atom stereocenters. The van der Waals surface area contributed by atoms with Crippen LogP contribution < -0.4 is 0 Å². The number of esters is 3. The van der Waals surface area contributed by atoms with Crippen LogP contribution >= 0.6 is 0 Å². The molecule has 0 saturated heterocycles.